The van der Waals surface area contributed by atoms with Crippen LogP contribution in [0.5, 0.6) is 5.88 Å². The Labute approximate surface area is 120 Å². The number of nitrogens with zero attached hydrogens (tertiary/aromatic N) is 1. The van der Waals surface area contributed by atoms with Crippen LogP contribution in [-0.4, -0.2) is 59.1 Å². The number of H-pyrrole nitrogens is 1. The first kappa shape index (κ1) is 15.0. The lowest BCUT2D eigenvalue weighted by molar-refractivity contribution is -0.149. The molecule has 114 valence electrons. The number of carbonyl (C=O) groups is 2. The van der Waals surface area contributed by atoms with Crippen molar-refractivity contribution >= 4 is 11.9 Å². The Morgan fingerprint density at radius 3 is 2.90 bits per heavy atom. The van der Waals surface area contributed by atoms with Gasteiger partial charge < -0.3 is 20.1 Å². The summed E-state index contributed by atoms with van der Waals surface area (Å²) in [5.74, 6) is -1.38. The summed E-state index contributed by atoms with van der Waals surface area (Å²) in [6.45, 7) is 3.06. The standard InChI is InChI=1S/C13H17N3O5/c1-2-21-13(20)9-7-14-3-4-16(9)12(19)8-5-10(17)15-11(18)6-8/h5-6,9,14H,2-4,7H2,1H3,(H2,15,17,18). The van der Waals surface area contributed by atoms with Gasteiger partial charge >= 0.3 is 5.97 Å². The highest BCUT2D eigenvalue weighted by atomic mass is 16.5. The Morgan fingerprint density at radius 2 is 2.24 bits per heavy atom. The molecule has 0 bridgehead atoms. The SMILES string of the molecule is CCOC(=O)C1CNCCN1C(=O)c1cc(O)[nH]c(=O)c1. The molecule has 1 aliphatic heterocycles. The minimum atomic E-state index is -0.743. The zero-order valence-corrected chi connectivity index (χ0v) is 11.6. The van der Waals surface area contributed by atoms with Gasteiger partial charge in [-0.2, -0.15) is 0 Å². The van der Waals surface area contributed by atoms with Crippen LogP contribution in [0.25, 0.3) is 0 Å². The minimum absolute atomic E-state index is 0.0347. The fraction of sp³-hybridized carbons (Fsp3) is 0.462. The number of carbonyl (C=O) groups excluding carboxylic acids is 2. The number of hydrogen-bond donors (Lipinski definition) is 3. The van der Waals surface area contributed by atoms with Crippen molar-refractivity contribution in [2.75, 3.05) is 26.2 Å². The molecule has 1 aromatic rings. The van der Waals surface area contributed by atoms with Gasteiger partial charge in [0, 0.05) is 31.8 Å². The van der Waals surface area contributed by atoms with Gasteiger partial charge in [-0.15, -0.1) is 0 Å². The van der Waals surface area contributed by atoms with Crippen LogP contribution >= 0.6 is 0 Å². The molecule has 1 atom stereocenters. The van der Waals surface area contributed by atoms with Crippen molar-refractivity contribution in [2.24, 2.45) is 0 Å². The molecule has 8 nitrogen and oxygen atoms in total. The first-order valence-corrected chi connectivity index (χ1v) is 6.64. The second kappa shape index (κ2) is 6.40. The van der Waals surface area contributed by atoms with Gasteiger partial charge in [-0.1, -0.05) is 0 Å². The normalized spacial score (nSPS) is 18.3. The van der Waals surface area contributed by atoms with Crippen molar-refractivity contribution < 1.29 is 19.4 Å². The van der Waals surface area contributed by atoms with E-state index in [1.54, 1.807) is 6.92 Å². The van der Waals surface area contributed by atoms with E-state index in [1.807, 2.05) is 0 Å². The summed E-state index contributed by atoms with van der Waals surface area (Å²) in [6, 6.07) is 1.51. The maximum Gasteiger partial charge on any atom is 0.330 e. The van der Waals surface area contributed by atoms with E-state index >= 15 is 0 Å². The Bertz CT molecular complexity index is 598. The van der Waals surface area contributed by atoms with E-state index in [9.17, 15) is 19.5 Å². The van der Waals surface area contributed by atoms with Crippen LogP contribution < -0.4 is 10.9 Å². The van der Waals surface area contributed by atoms with E-state index in [1.165, 1.54) is 4.90 Å². The number of esters is 1. The number of hydrogen-bond acceptors (Lipinski definition) is 6. The van der Waals surface area contributed by atoms with Crippen LogP contribution in [0.2, 0.25) is 0 Å². The van der Waals surface area contributed by atoms with Gasteiger partial charge in [0.15, 0.2) is 5.88 Å². The average molecular weight is 295 g/mol. The topological polar surface area (TPSA) is 112 Å². The molecule has 21 heavy (non-hydrogen) atoms. The van der Waals surface area contributed by atoms with Crippen molar-refractivity contribution in [2.45, 2.75) is 13.0 Å². The third kappa shape index (κ3) is 3.40. The van der Waals surface area contributed by atoms with Crippen molar-refractivity contribution in [3.05, 3.63) is 28.0 Å². The van der Waals surface area contributed by atoms with Crippen LogP contribution in [0, 0.1) is 0 Å². The van der Waals surface area contributed by atoms with Gasteiger partial charge in [0.05, 0.1) is 12.2 Å². The Morgan fingerprint density at radius 1 is 1.48 bits per heavy atom. The number of piperazine rings is 1. The van der Waals surface area contributed by atoms with E-state index in [0.717, 1.165) is 12.1 Å². The monoisotopic (exact) mass is 295 g/mol. The summed E-state index contributed by atoms with van der Waals surface area (Å²) < 4.78 is 4.95. The third-order valence-corrected chi connectivity index (χ3v) is 3.14. The Hall–Kier alpha value is -2.35. The maximum absolute atomic E-state index is 12.4. The zero-order chi connectivity index (χ0) is 15.4. The lowest BCUT2D eigenvalue weighted by Crippen LogP contribution is -2.57. The molecule has 0 spiro atoms. The zero-order valence-electron chi connectivity index (χ0n) is 11.6. The summed E-state index contributed by atoms with van der Waals surface area (Å²) in [5, 5.41) is 12.4. The van der Waals surface area contributed by atoms with E-state index < -0.39 is 29.4 Å². The number of amides is 1. The highest BCUT2D eigenvalue weighted by Crippen LogP contribution is 2.13. The molecule has 1 aromatic heterocycles. The Kier molecular flexibility index (Phi) is 4.59. The van der Waals surface area contributed by atoms with Crippen molar-refractivity contribution in [1.82, 2.24) is 15.2 Å². The molecule has 1 aliphatic rings. The van der Waals surface area contributed by atoms with Crippen molar-refractivity contribution in [3.8, 4) is 5.88 Å². The van der Waals surface area contributed by atoms with E-state index in [-0.39, 0.29) is 12.2 Å². The minimum Gasteiger partial charge on any atom is -0.494 e. The maximum atomic E-state index is 12.4. The highest BCUT2D eigenvalue weighted by molar-refractivity contribution is 5.97. The van der Waals surface area contributed by atoms with Crippen LogP contribution in [-0.2, 0) is 9.53 Å². The van der Waals surface area contributed by atoms with E-state index in [2.05, 4.69) is 10.3 Å². The number of aromatic nitrogens is 1. The van der Waals surface area contributed by atoms with E-state index in [0.29, 0.717) is 19.6 Å². The number of aromatic hydroxyl groups is 1. The molecule has 2 heterocycles. The van der Waals surface area contributed by atoms with Gasteiger partial charge in [-0.25, -0.2) is 4.79 Å². The Balaban J connectivity index is 2.26. The lowest BCUT2D eigenvalue weighted by atomic mass is 10.1. The molecular weight excluding hydrogens is 278 g/mol. The highest BCUT2D eigenvalue weighted by Gasteiger charge is 2.33. The number of pyridine rings is 1. The molecule has 1 saturated heterocycles. The van der Waals surface area contributed by atoms with Gasteiger partial charge in [-0.05, 0) is 6.92 Å². The number of nitrogens with one attached hydrogen (secondary N) is 2. The van der Waals surface area contributed by atoms with Crippen LogP contribution in [0.1, 0.15) is 17.3 Å². The fourth-order valence-electron chi connectivity index (χ4n) is 2.21. The van der Waals surface area contributed by atoms with Crippen molar-refractivity contribution in [3.63, 3.8) is 0 Å². The predicted molar refractivity (Wildman–Crippen MR) is 73.1 cm³/mol. The van der Waals surface area contributed by atoms with Gasteiger partial charge in [0.25, 0.3) is 11.5 Å². The summed E-state index contributed by atoms with van der Waals surface area (Å²) in [5.41, 5.74) is -0.548. The van der Waals surface area contributed by atoms with Crippen LogP contribution in [0.15, 0.2) is 16.9 Å². The molecule has 1 unspecified atom stereocenters. The second-order valence-electron chi connectivity index (χ2n) is 4.59. The molecule has 1 fully saturated rings. The van der Waals surface area contributed by atoms with E-state index in [4.69, 9.17) is 4.74 Å². The number of rotatable bonds is 3. The molecule has 0 aromatic carbocycles. The predicted octanol–water partition coefficient (Wildman–Crippen LogP) is -0.942. The number of aromatic amines is 1. The van der Waals surface area contributed by atoms with Gasteiger partial charge in [0.2, 0.25) is 0 Å². The molecular formula is C13H17N3O5. The fourth-order valence-corrected chi connectivity index (χ4v) is 2.21. The van der Waals surface area contributed by atoms with Gasteiger partial charge in [0.1, 0.15) is 6.04 Å². The van der Waals surface area contributed by atoms with Crippen molar-refractivity contribution in [1.29, 1.82) is 0 Å². The summed E-state index contributed by atoms with van der Waals surface area (Å²) in [7, 11) is 0. The smallest absolute Gasteiger partial charge is 0.330 e. The first-order valence-electron chi connectivity index (χ1n) is 6.64. The third-order valence-electron chi connectivity index (χ3n) is 3.14. The lowest BCUT2D eigenvalue weighted by Gasteiger charge is -2.34. The van der Waals surface area contributed by atoms with Crippen LogP contribution in [0.4, 0.5) is 0 Å². The quantitative estimate of drug-likeness (QED) is 0.620. The number of ether oxygens (including phenoxy) is 1. The summed E-state index contributed by atoms with van der Waals surface area (Å²) in [6.07, 6.45) is 0. The first-order chi connectivity index (χ1) is 10.0. The molecule has 0 aliphatic carbocycles. The molecule has 1 amide bonds. The molecule has 2 rings (SSSR count). The average Bonchev–Trinajstić information content (AvgIpc) is 2.45. The molecule has 0 saturated carbocycles. The second-order valence-corrected chi connectivity index (χ2v) is 4.59. The molecule has 3 N–H and O–H groups in total. The van der Waals surface area contributed by atoms with Crippen LogP contribution in [0.3, 0.4) is 0 Å². The molecule has 0 radical (unpaired) electrons. The summed E-state index contributed by atoms with van der Waals surface area (Å²) >= 11 is 0. The van der Waals surface area contributed by atoms with Gasteiger partial charge in [-0.3, -0.25) is 14.6 Å². The summed E-state index contributed by atoms with van der Waals surface area (Å²) in [4.78, 5) is 39.2. The largest absolute Gasteiger partial charge is 0.494 e. The molecule has 8 heteroatoms.